The first-order valence-corrected chi connectivity index (χ1v) is 7.47. The molecule has 1 unspecified atom stereocenters. The van der Waals surface area contributed by atoms with Crippen LogP contribution in [0.15, 0.2) is 24.3 Å². The first kappa shape index (κ1) is 15.9. The molecular weight excluding hydrogens is 288 g/mol. The Bertz CT molecular complexity index is 543. The fourth-order valence-electron chi connectivity index (χ4n) is 2.65. The molecule has 1 atom stereocenters. The lowest BCUT2D eigenvalue weighted by Crippen LogP contribution is -2.45. The summed E-state index contributed by atoms with van der Waals surface area (Å²) in [4.78, 5) is 15.1. The van der Waals surface area contributed by atoms with Crippen molar-refractivity contribution in [3.05, 3.63) is 34.9 Å². The molecule has 2 rings (SSSR count). The molecule has 1 aromatic carbocycles. The number of carboxylic acids is 1. The van der Waals surface area contributed by atoms with E-state index in [0.29, 0.717) is 11.1 Å². The Morgan fingerprint density at radius 1 is 1.48 bits per heavy atom. The lowest BCUT2D eigenvalue weighted by molar-refractivity contribution is -0.131. The molecule has 0 aliphatic carbocycles. The third-order valence-electron chi connectivity index (χ3n) is 3.86. The van der Waals surface area contributed by atoms with Gasteiger partial charge >= 0.3 is 5.97 Å². The third-order valence-corrected chi connectivity index (χ3v) is 4.16. The van der Waals surface area contributed by atoms with Gasteiger partial charge in [-0.05, 0) is 50.7 Å². The summed E-state index contributed by atoms with van der Waals surface area (Å²) in [5, 5.41) is 9.32. The molecule has 1 aromatic rings. The van der Waals surface area contributed by atoms with E-state index in [4.69, 9.17) is 16.7 Å². The zero-order valence-corrected chi connectivity index (χ0v) is 13.2. The Kier molecular flexibility index (Phi) is 5.26. The molecule has 1 aliphatic heterocycles. The van der Waals surface area contributed by atoms with Crippen molar-refractivity contribution in [3.8, 4) is 0 Å². The summed E-state index contributed by atoms with van der Waals surface area (Å²) in [6.07, 6.45) is 5.03. The summed E-state index contributed by atoms with van der Waals surface area (Å²) in [5.41, 5.74) is 1.82. The number of piperidine rings is 1. The highest BCUT2D eigenvalue weighted by Crippen LogP contribution is 2.30. The Morgan fingerprint density at radius 2 is 2.24 bits per heavy atom. The quantitative estimate of drug-likeness (QED) is 0.869. The maximum atomic E-state index is 10.5. The van der Waals surface area contributed by atoms with Crippen molar-refractivity contribution in [3.63, 3.8) is 0 Å². The predicted octanol–water partition coefficient (Wildman–Crippen LogP) is 2.97. The van der Waals surface area contributed by atoms with Gasteiger partial charge in [-0.25, -0.2) is 4.79 Å². The molecule has 1 fully saturated rings. The van der Waals surface area contributed by atoms with Crippen molar-refractivity contribution in [2.24, 2.45) is 0 Å². The van der Waals surface area contributed by atoms with Gasteiger partial charge in [-0.3, -0.25) is 0 Å². The van der Waals surface area contributed by atoms with E-state index in [1.807, 2.05) is 18.2 Å². The van der Waals surface area contributed by atoms with Crippen LogP contribution in [0.5, 0.6) is 0 Å². The molecular formula is C16H21ClN2O2. The van der Waals surface area contributed by atoms with Crippen LogP contribution in [0.25, 0.3) is 6.08 Å². The van der Waals surface area contributed by atoms with Crippen LogP contribution < -0.4 is 4.90 Å². The summed E-state index contributed by atoms with van der Waals surface area (Å²) in [6.45, 7) is 1.98. The number of carboxylic acid groups (broad SMARTS) is 1. The molecule has 1 heterocycles. The van der Waals surface area contributed by atoms with Crippen LogP contribution in [0.3, 0.4) is 0 Å². The van der Waals surface area contributed by atoms with Crippen LogP contribution in [0.4, 0.5) is 5.69 Å². The fraction of sp³-hybridized carbons (Fsp3) is 0.438. The maximum Gasteiger partial charge on any atom is 0.328 e. The van der Waals surface area contributed by atoms with Gasteiger partial charge in [-0.2, -0.15) is 0 Å². The minimum absolute atomic E-state index is 0.543. The van der Waals surface area contributed by atoms with E-state index in [1.54, 1.807) is 6.08 Å². The predicted molar refractivity (Wildman–Crippen MR) is 87.0 cm³/mol. The summed E-state index contributed by atoms with van der Waals surface area (Å²) in [6, 6.07) is 6.23. The van der Waals surface area contributed by atoms with Crippen LogP contribution in [-0.2, 0) is 4.79 Å². The van der Waals surface area contributed by atoms with Crippen molar-refractivity contribution in [1.29, 1.82) is 0 Å². The molecule has 114 valence electrons. The zero-order chi connectivity index (χ0) is 15.4. The second-order valence-electron chi connectivity index (χ2n) is 5.59. The number of rotatable bonds is 4. The number of benzene rings is 1. The molecule has 0 aromatic heterocycles. The Balaban J connectivity index is 2.15. The van der Waals surface area contributed by atoms with E-state index in [-0.39, 0.29) is 0 Å². The Hall–Kier alpha value is -1.52. The van der Waals surface area contributed by atoms with E-state index in [9.17, 15) is 4.79 Å². The molecule has 0 saturated carbocycles. The minimum Gasteiger partial charge on any atom is -0.478 e. The maximum absolute atomic E-state index is 10.5. The summed E-state index contributed by atoms with van der Waals surface area (Å²) in [5.74, 6) is -0.958. The number of carbonyl (C=O) groups is 1. The van der Waals surface area contributed by atoms with Crippen molar-refractivity contribution in [2.75, 3.05) is 32.1 Å². The van der Waals surface area contributed by atoms with Crippen molar-refractivity contribution < 1.29 is 9.90 Å². The lowest BCUT2D eigenvalue weighted by Gasteiger charge is -2.37. The highest BCUT2D eigenvalue weighted by Gasteiger charge is 2.22. The van der Waals surface area contributed by atoms with E-state index in [2.05, 4.69) is 23.9 Å². The van der Waals surface area contributed by atoms with Gasteiger partial charge in [0.15, 0.2) is 0 Å². The van der Waals surface area contributed by atoms with E-state index < -0.39 is 5.97 Å². The average molecular weight is 309 g/mol. The molecule has 0 spiro atoms. The number of anilines is 1. The largest absolute Gasteiger partial charge is 0.478 e. The van der Waals surface area contributed by atoms with Gasteiger partial charge in [-0.1, -0.05) is 17.7 Å². The monoisotopic (exact) mass is 308 g/mol. The first-order chi connectivity index (χ1) is 9.97. The summed E-state index contributed by atoms with van der Waals surface area (Å²) >= 11 is 6.37. The average Bonchev–Trinajstić information content (AvgIpc) is 2.45. The van der Waals surface area contributed by atoms with Crippen LogP contribution >= 0.6 is 11.6 Å². The molecule has 1 aliphatic rings. The van der Waals surface area contributed by atoms with Gasteiger partial charge in [0.05, 0.1) is 10.7 Å². The van der Waals surface area contributed by atoms with E-state index in [0.717, 1.165) is 36.8 Å². The fourth-order valence-corrected chi connectivity index (χ4v) is 2.95. The first-order valence-electron chi connectivity index (χ1n) is 7.09. The zero-order valence-electron chi connectivity index (χ0n) is 12.4. The number of hydrogen-bond acceptors (Lipinski definition) is 3. The number of likely N-dealkylation sites (N-methyl/N-ethyl adjacent to an activating group) is 1. The van der Waals surface area contributed by atoms with Gasteiger partial charge in [0.25, 0.3) is 0 Å². The minimum atomic E-state index is -0.958. The standard InChI is InChI=1S/C16H21ClN2O2/c1-18(2)13-4-3-9-19(11-13)15-7-5-12(10-14(15)17)6-8-16(20)21/h5-8,10,13H,3-4,9,11H2,1-2H3,(H,20,21)/b8-6+. The number of nitrogens with zero attached hydrogens (tertiary/aromatic N) is 2. The molecule has 5 heteroatoms. The molecule has 1 N–H and O–H groups in total. The third kappa shape index (κ3) is 4.22. The highest BCUT2D eigenvalue weighted by atomic mass is 35.5. The Labute approximate surface area is 130 Å². The SMILES string of the molecule is CN(C)C1CCCN(c2ccc(/C=C/C(=O)O)cc2Cl)C1. The molecule has 4 nitrogen and oxygen atoms in total. The van der Waals surface area contributed by atoms with Gasteiger partial charge in [-0.15, -0.1) is 0 Å². The summed E-state index contributed by atoms with van der Waals surface area (Å²) < 4.78 is 0. The van der Waals surface area contributed by atoms with E-state index in [1.165, 1.54) is 6.42 Å². The van der Waals surface area contributed by atoms with Gasteiger partial charge < -0.3 is 14.9 Å². The van der Waals surface area contributed by atoms with Crippen molar-refractivity contribution in [2.45, 2.75) is 18.9 Å². The normalized spacial score (nSPS) is 19.4. The molecule has 21 heavy (non-hydrogen) atoms. The smallest absolute Gasteiger partial charge is 0.328 e. The number of aliphatic carboxylic acids is 1. The van der Waals surface area contributed by atoms with Gasteiger partial charge in [0, 0.05) is 25.2 Å². The van der Waals surface area contributed by atoms with Gasteiger partial charge in [0.2, 0.25) is 0 Å². The second kappa shape index (κ2) is 6.96. The summed E-state index contributed by atoms with van der Waals surface area (Å²) in [7, 11) is 4.21. The second-order valence-corrected chi connectivity index (χ2v) is 6.00. The number of hydrogen-bond donors (Lipinski definition) is 1. The Morgan fingerprint density at radius 3 is 2.86 bits per heavy atom. The highest BCUT2D eigenvalue weighted by molar-refractivity contribution is 6.33. The molecule has 1 saturated heterocycles. The lowest BCUT2D eigenvalue weighted by atomic mass is 10.0. The molecule has 0 amide bonds. The van der Waals surface area contributed by atoms with Crippen LogP contribution in [0, 0.1) is 0 Å². The van der Waals surface area contributed by atoms with Crippen molar-refractivity contribution >= 4 is 29.3 Å². The number of halogens is 1. The van der Waals surface area contributed by atoms with Crippen LogP contribution in [0.1, 0.15) is 18.4 Å². The van der Waals surface area contributed by atoms with Crippen LogP contribution in [0.2, 0.25) is 5.02 Å². The topological polar surface area (TPSA) is 43.8 Å². The van der Waals surface area contributed by atoms with E-state index >= 15 is 0 Å². The molecule has 0 radical (unpaired) electrons. The van der Waals surface area contributed by atoms with Crippen LogP contribution in [-0.4, -0.2) is 49.2 Å². The van der Waals surface area contributed by atoms with Crippen molar-refractivity contribution in [1.82, 2.24) is 4.90 Å². The van der Waals surface area contributed by atoms with Gasteiger partial charge in [0.1, 0.15) is 0 Å². The molecule has 0 bridgehead atoms.